The summed E-state index contributed by atoms with van der Waals surface area (Å²) in [6.07, 6.45) is 0. The van der Waals surface area contributed by atoms with Gasteiger partial charge in [0.2, 0.25) is 0 Å². The lowest BCUT2D eigenvalue weighted by atomic mass is 10.1. The van der Waals surface area contributed by atoms with Crippen molar-refractivity contribution < 1.29 is 9.90 Å². The van der Waals surface area contributed by atoms with Crippen LogP contribution in [-0.4, -0.2) is 11.1 Å². The normalized spacial score (nSPS) is 10.3. The maximum atomic E-state index is 11.1. The van der Waals surface area contributed by atoms with Gasteiger partial charge in [-0.2, -0.15) is 0 Å². The zero-order chi connectivity index (χ0) is 13.0. The summed E-state index contributed by atoms with van der Waals surface area (Å²) in [4.78, 5) is 12.2. The van der Waals surface area contributed by atoms with Gasteiger partial charge in [0.05, 0.1) is 5.56 Å². The molecule has 0 amide bonds. The predicted molar refractivity (Wildman–Crippen MR) is 77.1 cm³/mol. The first-order valence-corrected chi connectivity index (χ1v) is 7.15. The van der Waals surface area contributed by atoms with Gasteiger partial charge in [0.25, 0.3) is 0 Å². The third kappa shape index (κ3) is 3.15. The average molecular weight is 323 g/mol. The second-order valence-corrected chi connectivity index (χ2v) is 5.55. The van der Waals surface area contributed by atoms with Crippen LogP contribution in [0.4, 0.5) is 0 Å². The molecule has 0 aliphatic rings. The first-order chi connectivity index (χ1) is 8.68. The molecule has 0 aliphatic heterocycles. The van der Waals surface area contributed by atoms with Crippen molar-refractivity contribution in [3.63, 3.8) is 0 Å². The summed E-state index contributed by atoms with van der Waals surface area (Å²) in [7, 11) is 0. The highest BCUT2D eigenvalue weighted by atomic mass is 79.9. The Kier molecular flexibility index (Phi) is 4.44. The Morgan fingerprint density at radius 1 is 1.11 bits per heavy atom. The largest absolute Gasteiger partial charge is 0.478 e. The van der Waals surface area contributed by atoms with Crippen LogP contribution in [0.1, 0.15) is 15.9 Å². The fraction of sp³-hybridized carbons (Fsp3) is 0.0714. The molecule has 0 fully saturated rings. The van der Waals surface area contributed by atoms with Gasteiger partial charge in [0.1, 0.15) is 0 Å². The van der Waals surface area contributed by atoms with Gasteiger partial charge in [-0.25, -0.2) is 4.79 Å². The molecule has 0 atom stereocenters. The van der Waals surface area contributed by atoms with E-state index in [0.717, 1.165) is 14.9 Å². The lowest BCUT2D eigenvalue weighted by Gasteiger charge is -2.07. The fourth-order valence-corrected chi connectivity index (χ4v) is 3.14. The summed E-state index contributed by atoms with van der Waals surface area (Å²) in [5.41, 5.74) is 1.21. The van der Waals surface area contributed by atoms with Crippen LogP contribution in [-0.2, 0) is 5.75 Å². The molecule has 0 spiro atoms. The first-order valence-electron chi connectivity index (χ1n) is 5.37. The number of carboxylic acids is 1. The molecule has 2 nitrogen and oxygen atoms in total. The number of benzene rings is 2. The van der Waals surface area contributed by atoms with E-state index in [4.69, 9.17) is 5.11 Å². The Morgan fingerprint density at radius 3 is 2.50 bits per heavy atom. The molecule has 0 saturated carbocycles. The lowest BCUT2D eigenvalue weighted by molar-refractivity contribution is 0.0696. The third-order valence-electron chi connectivity index (χ3n) is 2.47. The van der Waals surface area contributed by atoms with Gasteiger partial charge in [0.15, 0.2) is 0 Å². The molecule has 1 N–H and O–H groups in total. The molecule has 2 rings (SSSR count). The molecule has 92 valence electrons. The van der Waals surface area contributed by atoms with Crippen molar-refractivity contribution in [3.05, 3.63) is 64.1 Å². The Hall–Kier alpha value is -1.26. The minimum atomic E-state index is -0.877. The number of thioether (sulfide) groups is 1. The van der Waals surface area contributed by atoms with Gasteiger partial charge in [-0.3, -0.25) is 0 Å². The van der Waals surface area contributed by atoms with Crippen molar-refractivity contribution in [2.24, 2.45) is 0 Å². The van der Waals surface area contributed by atoms with Gasteiger partial charge < -0.3 is 5.11 Å². The number of hydrogen-bond donors (Lipinski definition) is 1. The summed E-state index contributed by atoms with van der Waals surface area (Å²) in [6, 6.07) is 15.0. The summed E-state index contributed by atoms with van der Waals surface area (Å²) < 4.78 is 1.03. The molecule has 0 aliphatic carbocycles. The Labute approximate surface area is 118 Å². The van der Waals surface area contributed by atoms with Crippen molar-refractivity contribution in [2.75, 3.05) is 0 Å². The maximum Gasteiger partial charge on any atom is 0.335 e. The number of carboxylic acid groups (broad SMARTS) is 1. The first kappa shape index (κ1) is 13.2. The van der Waals surface area contributed by atoms with E-state index in [2.05, 4.69) is 15.9 Å². The van der Waals surface area contributed by atoms with Gasteiger partial charge in [-0.05, 0) is 39.7 Å². The van der Waals surface area contributed by atoms with E-state index in [9.17, 15) is 4.79 Å². The Bertz CT molecular complexity index is 569. The Balaban J connectivity index is 2.16. The lowest BCUT2D eigenvalue weighted by Crippen LogP contribution is -2.00. The molecule has 2 aromatic rings. The van der Waals surface area contributed by atoms with Crippen molar-refractivity contribution in [1.29, 1.82) is 0 Å². The molecular formula is C14H11BrO2S. The molecule has 18 heavy (non-hydrogen) atoms. The van der Waals surface area contributed by atoms with E-state index in [1.165, 1.54) is 0 Å². The highest BCUT2D eigenvalue weighted by molar-refractivity contribution is 9.10. The molecule has 0 unspecified atom stereocenters. The van der Waals surface area contributed by atoms with Crippen LogP contribution in [0.2, 0.25) is 0 Å². The summed E-state index contributed by atoms with van der Waals surface area (Å²) >= 11 is 5.10. The highest BCUT2D eigenvalue weighted by Gasteiger charge is 2.09. The van der Waals surface area contributed by atoms with E-state index in [1.54, 1.807) is 23.9 Å². The predicted octanol–water partition coefficient (Wildman–Crippen LogP) is 4.44. The maximum absolute atomic E-state index is 11.1. The Morgan fingerprint density at radius 2 is 1.78 bits per heavy atom. The second-order valence-electron chi connectivity index (χ2n) is 3.68. The highest BCUT2D eigenvalue weighted by Crippen LogP contribution is 2.30. The molecule has 4 heteroatoms. The molecule has 0 radical (unpaired) electrons. The minimum Gasteiger partial charge on any atom is -0.478 e. The van der Waals surface area contributed by atoms with E-state index in [0.29, 0.717) is 11.3 Å². The zero-order valence-corrected chi connectivity index (χ0v) is 11.9. The van der Waals surface area contributed by atoms with Crippen LogP contribution >= 0.6 is 27.7 Å². The van der Waals surface area contributed by atoms with Crippen LogP contribution in [0.15, 0.2) is 57.9 Å². The van der Waals surface area contributed by atoms with Gasteiger partial charge in [-0.1, -0.05) is 30.3 Å². The van der Waals surface area contributed by atoms with Crippen LogP contribution in [0.5, 0.6) is 0 Å². The SMILES string of the molecule is O=C(O)c1ccccc1CSc1ccccc1Br. The van der Waals surface area contributed by atoms with Crippen LogP contribution in [0.3, 0.4) is 0 Å². The molecule has 0 saturated heterocycles. The van der Waals surface area contributed by atoms with Crippen LogP contribution < -0.4 is 0 Å². The topological polar surface area (TPSA) is 37.3 Å². The number of rotatable bonds is 4. The van der Waals surface area contributed by atoms with E-state index >= 15 is 0 Å². The molecule has 0 heterocycles. The number of hydrogen-bond acceptors (Lipinski definition) is 2. The van der Waals surface area contributed by atoms with E-state index < -0.39 is 5.97 Å². The zero-order valence-electron chi connectivity index (χ0n) is 9.47. The molecular weight excluding hydrogens is 312 g/mol. The minimum absolute atomic E-state index is 0.372. The summed E-state index contributed by atoms with van der Waals surface area (Å²) in [5, 5.41) is 9.10. The summed E-state index contributed by atoms with van der Waals surface area (Å²) in [5.74, 6) is -0.233. The second kappa shape index (κ2) is 6.07. The van der Waals surface area contributed by atoms with Crippen molar-refractivity contribution in [3.8, 4) is 0 Å². The van der Waals surface area contributed by atoms with Gasteiger partial charge >= 0.3 is 5.97 Å². The quantitative estimate of drug-likeness (QED) is 0.845. The van der Waals surface area contributed by atoms with Crippen molar-refractivity contribution in [1.82, 2.24) is 0 Å². The average Bonchev–Trinajstić information content (AvgIpc) is 2.38. The monoisotopic (exact) mass is 322 g/mol. The molecule has 2 aromatic carbocycles. The standard InChI is InChI=1S/C14H11BrO2S/c15-12-7-3-4-8-13(12)18-9-10-5-1-2-6-11(10)14(16)17/h1-8H,9H2,(H,16,17). The van der Waals surface area contributed by atoms with Gasteiger partial charge in [0, 0.05) is 15.1 Å². The number of halogens is 1. The third-order valence-corrected chi connectivity index (χ3v) is 4.54. The number of carbonyl (C=O) groups is 1. The molecule has 0 aromatic heterocycles. The van der Waals surface area contributed by atoms with Crippen LogP contribution in [0.25, 0.3) is 0 Å². The number of aromatic carboxylic acids is 1. The fourth-order valence-electron chi connectivity index (χ4n) is 1.57. The smallest absolute Gasteiger partial charge is 0.335 e. The molecule has 0 bridgehead atoms. The van der Waals surface area contributed by atoms with Crippen molar-refractivity contribution >= 4 is 33.7 Å². The van der Waals surface area contributed by atoms with E-state index in [1.807, 2.05) is 36.4 Å². The van der Waals surface area contributed by atoms with Crippen molar-refractivity contribution in [2.45, 2.75) is 10.6 Å². The van der Waals surface area contributed by atoms with E-state index in [-0.39, 0.29) is 0 Å². The summed E-state index contributed by atoms with van der Waals surface area (Å²) in [6.45, 7) is 0. The van der Waals surface area contributed by atoms with Gasteiger partial charge in [-0.15, -0.1) is 11.8 Å². The van der Waals surface area contributed by atoms with Crippen LogP contribution in [0, 0.1) is 0 Å².